The molecule has 4 aromatic rings. The van der Waals surface area contributed by atoms with Gasteiger partial charge in [0.1, 0.15) is 4.90 Å². The van der Waals surface area contributed by atoms with Gasteiger partial charge < -0.3 is 8.75 Å². The number of hydrogen-bond acceptors (Lipinski definition) is 7. The number of non-ortho nitro benzene ring substituents is 1. The summed E-state index contributed by atoms with van der Waals surface area (Å²) in [5, 5.41) is 14.7. The lowest BCUT2D eigenvalue weighted by Gasteiger charge is -2.09. The first-order valence-electron chi connectivity index (χ1n) is 10.3. The zero-order valence-corrected chi connectivity index (χ0v) is 20.7. The van der Waals surface area contributed by atoms with Gasteiger partial charge in [-0.25, -0.2) is 5.43 Å². The molecule has 1 amide bonds. The smallest absolute Gasteiger partial charge is 0.339 e. The highest BCUT2D eigenvalue weighted by Crippen LogP contribution is 2.29. The van der Waals surface area contributed by atoms with Gasteiger partial charge in [-0.15, -0.1) is 0 Å². The number of amides is 1. The van der Waals surface area contributed by atoms with Crippen molar-refractivity contribution in [1.82, 2.24) is 9.99 Å². The Bertz CT molecular complexity index is 1550. The van der Waals surface area contributed by atoms with Crippen molar-refractivity contribution < 1.29 is 22.3 Å². The normalized spacial score (nSPS) is 11.4. The summed E-state index contributed by atoms with van der Waals surface area (Å²) in [7, 11) is -4.22. The highest BCUT2D eigenvalue weighted by Gasteiger charge is 2.19. The predicted molar refractivity (Wildman–Crippen MR) is 136 cm³/mol. The molecule has 0 atom stereocenters. The number of halogens is 1. The molecular weight excluding hydrogens is 552 g/mol. The number of rotatable bonds is 8. The Kier molecular flexibility index (Phi) is 7.27. The Balaban J connectivity index is 1.44. The minimum absolute atomic E-state index is 0.00943. The number of hydrogen-bond donors (Lipinski definition) is 1. The van der Waals surface area contributed by atoms with E-state index in [0.29, 0.717) is 21.3 Å². The second-order valence-electron chi connectivity index (χ2n) is 7.28. The lowest BCUT2D eigenvalue weighted by molar-refractivity contribution is -0.384. The van der Waals surface area contributed by atoms with Gasteiger partial charge >= 0.3 is 10.1 Å². The fraction of sp³-hybridized carbons (Fsp3) is 0. The van der Waals surface area contributed by atoms with Crippen molar-refractivity contribution in [1.29, 1.82) is 0 Å². The predicted octanol–water partition coefficient (Wildman–Crippen LogP) is 4.68. The number of nitrogens with zero attached hydrogens (tertiary/aromatic N) is 3. The van der Waals surface area contributed by atoms with E-state index in [1.54, 1.807) is 24.3 Å². The molecule has 182 valence electrons. The van der Waals surface area contributed by atoms with Crippen LogP contribution in [0.25, 0.3) is 5.69 Å². The first-order chi connectivity index (χ1) is 17.2. The van der Waals surface area contributed by atoms with Crippen LogP contribution in [0.3, 0.4) is 0 Å². The molecular formula is C24H17BrN4O6S. The zero-order chi connectivity index (χ0) is 25.7. The number of carbonyl (C=O) groups excluding carboxylic acids is 1. The van der Waals surface area contributed by atoms with Crippen molar-refractivity contribution in [3.63, 3.8) is 0 Å². The molecule has 0 bridgehead atoms. The van der Waals surface area contributed by atoms with E-state index in [1.807, 2.05) is 41.2 Å². The van der Waals surface area contributed by atoms with Crippen LogP contribution in [0.1, 0.15) is 15.9 Å². The van der Waals surface area contributed by atoms with Crippen molar-refractivity contribution in [3.8, 4) is 11.4 Å². The van der Waals surface area contributed by atoms with Crippen molar-refractivity contribution in [3.05, 3.63) is 117 Å². The average Bonchev–Trinajstić information content (AvgIpc) is 3.40. The van der Waals surface area contributed by atoms with E-state index in [0.717, 1.165) is 24.3 Å². The summed E-state index contributed by atoms with van der Waals surface area (Å²) in [4.78, 5) is 22.6. The van der Waals surface area contributed by atoms with Crippen LogP contribution >= 0.6 is 15.9 Å². The number of benzene rings is 3. The monoisotopic (exact) mass is 568 g/mol. The SMILES string of the molecule is O=C(N/N=C\c1ccc(OS(=O)(=O)c2ccc([N+](=O)[O-])cc2)c(Br)c1)c1ccccc1-n1cccc1. The third-order valence-electron chi connectivity index (χ3n) is 4.90. The molecule has 3 aromatic carbocycles. The number of carbonyl (C=O) groups is 1. The van der Waals surface area contributed by atoms with Gasteiger partial charge in [0, 0.05) is 24.5 Å². The van der Waals surface area contributed by atoms with Gasteiger partial charge in [-0.05, 0) is 76.1 Å². The molecule has 0 fully saturated rings. The first kappa shape index (κ1) is 24.8. The Morgan fingerprint density at radius 3 is 2.39 bits per heavy atom. The standard InChI is InChI=1S/C24H17BrN4O6S/c25-21-15-17(7-12-23(21)35-36(33,34)19-10-8-18(9-11-19)29(31)32)16-26-27-24(30)20-5-1-2-6-22(20)28-13-3-4-14-28/h1-16H,(H,27,30)/b26-16-. The van der Waals surface area contributed by atoms with Crippen LogP contribution in [0, 0.1) is 10.1 Å². The molecule has 0 aliphatic carbocycles. The number of para-hydroxylation sites is 1. The highest BCUT2D eigenvalue weighted by molar-refractivity contribution is 9.10. The molecule has 0 spiro atoms. The quantitative estimate of drug-likeness (QED) is 0.142. The van der Waals surface area contributed by atoms with Crippen LogP contribution in [0.5, 0.6) is 5.75 Å². The second-order valence-corrected chi connectivity index (χ2v) is 9.69. The van der Waals surface area contributed by atoms with Crippen molar-refractivity contribution in [2.24, 2.45) is 5.10 Å². The van der Waals surface area contributed by atoms with Gasteiger partial charge in [0.2, 0.25) is 0 Å². The van der Waals surface area contributed by atoms with Crippen LogP contribution in [0.4, 0.5) is 5.69 Å². The Morgan fingerprint density at radius 2 is 1.72 bits per heavy atom. The zero-order valence-electron chi connectivity index (χ0n) is 18.3. The van der Waals surface area contributed by atoms with Crippen LogP contribution in [0.2, 0.25) is 0 Å². The maximum Gasteiger partial charge on any atom is 0.339 e. The molecule has 36 heavy (non-hydrogen) atoms. The second kappa shape index (κ2) is 10.5. The molecule has 10 nitrogen and oxygen atoms in total. The number of nitrogens with one attached hydrogen (secondary N) is 1. The van der Waals surface area contributed by atoms with Gasteiger partial charge in [0.05, 0.1) is 26.9 Å². The van der Waals surface area contributed by atoms with Gasteiger partial charge in [-0.3, -0.25) is 14.9 Å². The third kappa shape index (κ3) is 5.67. The topological polar surface area (TPSA) is 133 Å². The number of aromatic nitrogens is 1. The van der Waals surface area contributed by atoms with E-state index in [1.165, 1.54) is 12.3 Å². The van der Waals surface area contributed by atoms with Crippen molar-refractivity contribution in [2.75, 3.05) is 0 Å². The molecule has 0 aliphatic rings. The first-order valence-corrected chi connectivity index (χ1v) is 12.5. The average molecular weight is 569 g/mol. The molecule has 12 heteroatoms. The van der Waals surface area contributed by atoms with Gasteiger partial charge in [-0.2, -0.15) is 13.5 Å². The fourth-order valence-corrected chi connectivity index (χ4v) is 4.71. The minimum Gasteiger partial charge on any atom is -0.378 e. The molecule has 4 rings (SSSR count). The lowest BCUT2D eigenvalue weighted by Crippen LogP contribution is -2.19. The molecule has 1 N–H and O–H groups in total. The van der Waals surface area contributed by atoms with Crippen molar-refractivity contribution in [2.45, 2.75) is 4.90 Å². The minimum atomic E-state index is -4.22. The van der Waals surface area contributed by atoms with E-state index in [9.17, 15) is 23.3 Å². The van der Waals surface area contributed by atoms with E-state index in [2.05, 4.69) is 26.5 Å². The molecule has 0 saturated carbocycles. The van der Waals surface area contributed by atoms with E-state index in [4.69, 9.17) is 4.18 Å². The largest absolute Gasteiger partial charge is 0.378 e. The summed E-state index contributed by atoms with van der Waals surface area (Å²) in [6, 6.07) is 19.7. The summed E-state index contributed by atoms with van der Waals surface area (Å²) in [5.74, 6) is -0.390. The number of hydrazone groups is 1. The van der Waals surface area contributed by atoms with E-state index >= 15 is 0 Å². The summed E-state index contributed by atoms with van der Waals surface area (Å²) in [5.41, 5.74) is 3.94. The number of nitro benzene ring substituents is 1. The fourth-order valence-electron chi connectivity index (χ4n) is 3.18. The summed E-state index contributed by atoms with van der Waals surface area (Å²) < 4.78 is 32.4. The Labute approximate surface area is 214 Å². The van der Waals surface area contributed by atoms with Gasteiger partial charge in [-0.1, -0.05) is 12.1 Å². The summed E-state index contributed by atoms with van der Waals surface area (Å²) in [6.45, 7) is 0. The number of nitro groups is 1. The highest BCUT2D eigenvalue weighted by atomic mass is 79.9. The third-order valence-corrected chi connectivity index (χ3v) is 6.77. The molecule has 1 aromatic heterocycles. The molecule has 0 saturated heterocycles. The maximum atomic E-state index is 12.7. The Hall–Kier alpha value is -4.29. The summed E-state index contributed by atoms with van der Waals surface area (Å²) >= 11 is 3.26. The molecule has 0 radical (unpaired) electrons. The van der Waals surface area contributed by atoms with Crippen molar-refractivity contribution >= 4 is 43.9 Å². The molecule has 0 unspecified atom stereocenters. The van der Waals surface area contributed by atoms with E-state index < -0.39 is 20.9 Å². The molecule has 0 aliphatic heterocycles. The van der Waals surface area contributed by atoms with Gasteiger partial charge in [0.25, 0.3) is 11.6 Å². The lowest BCUT2D eigenvalue weighted by atomic mass is 10.1. The van der Waals surface area contributed by atoms with Crippen LogP contribution < -0.4 is 9.61 Å². The van der Waals surface area contributed by atoms with Gasteiger partial charge in [0.15, 0.2) is 5.75 Å². The summed E-state index contributed by atoms with van der Waals surface area (Å²) in [6.07, 6.45) is 5.06. The Morgan fingerprint density at radius 1 is 1.03 bits per heavy atom. The van der Waals surface area contributed by atoms with Crippen LogP contribution in [-0.4, -0.2) is 30.0 Å². The van der Waals surface area contributed by atoms with Crippen LogP contribution in [0.15, 0.2) is 106 Å². The molecule has 1 heterocycles. The van der Waals surface area contributed by atoms with Crippen LogP contribution in [-0.2, 0) is 10.1 Å². The maximum absolute atomic E-state index is 12.7. The van der Waals surface area contributed by atoms with E-state index in [-0.39, 0.29) is 16.3 Å².